The van der Waals surface area contributed by atoms with E-state index >= 15 is 0 Å². The van der Waals surface area contributed by atoms with Crippen LogP contribution in [0.15, 0.2) is 22.7 Å². The van der Waals surface area contributed by atoms with E-state index in [9.17, 15) is 4.79 Å². The molecule has 1 fully saturated rings. The SMILES string of the molecule is CC1(C)CCCC1NC(=O)c1cc(Br)ccc1N. The Bertz CT molecular complexity index is 471. The predicted molar refractivity (Wildman–Crippen MR) is 77.4 cm³/mol. The van der Waals surface area contributed by atoms with Gasteiger partial charge in [-0.3, -0.25) is 4.79 Å². The molecule has 2 rings (SSSR count). The van der Waals surface area contributed by atoms with Crippen LogP contribution in [0.25, 0.3) is 0 Å². The van der Waals surface area contributed by atoms with Crippen LogP contribution in [0.1, 0.15) is 43.5 Å². The van der Waals surface area contributed by atoms with Crippen LogP contribution in [0.4, 0.5) is 5.69 Å². The van der Waals surface area contributed by atoms with E-state index in [0.717, 1.165) is 17.3 Å². The molecule has 3 nitrogen and oxygen atoms in total. The highest BCUT2D eigenvalue weighted by atomic mass is 79.9. The Morgan fingerprint density at radius 3 is 2.83 bits per heavy atom. The van der Waals surface area contributed by atoms with Crippen molar-refractivity contribution in [3.05, 3.63) is 28.2 Å². The highest BCUT2D eigenvalue weighted by Crippen LogP contribution is 2.37. The van der Waals surface area contributed by atoms with Crippen LogP contribution in [0, 0.1) is 5.41 Å². The first-order chi connectivity index (χ1) is 8.40. The maximum atomic E-state index is 12.2. The van der Waals surface area contributed by atoms with Gasteiger partial charge in [-0.1, -0.05) is 36.2 Å². The summed E-state index contributed by atoms with van der Waals surface area (Å²) in [4.78, 5) is 12.2. The highest BCUT2D eigenvalue weighted by Gasteiger charge is 2.35. The second kappa shape index (κ2) is 4.92. The predicted octanol–water partition coefficient (Wildman–Crippen LogP) is 3.34. The fraction of sp³-hybridized carbons (Fsp3) is 0.500. The van der Waals surface area contributed by atoms with Gasteiger partial charge in [-0.05, 0) is 36.5 Å². The maximum Gasteiger partial charge on any atom is 0.253 e. The first kappa shape index (κ1) is 13.4. The Balaban J connectivity index is 2.15. The van der Waals surface area contributed by atoms with Crippen LogP contribution in [0.2, 0.25) is 0 Å². The molecule has 0 radical (unpaired) electrons. The average molecular weight is 311 g/mol. The second-order valence-electron chi connectivity index (χ2n) is 5.64. The monoisotopic (exact) mass is 310 g/mol. The zero-order valence-electron chi connectivity index (χ0n) is 10.8. The molecule has 1 unspecified atom stereocenters. The maximum absolute atomic E-state index is 12.2. The van der Waals surface area contributed by atoms with E-state index in [2.05, 4.69) is 35.1 Å². The topological polar surface area (TPSA) is 55.1 Å². The van der Waals surface area contributed by atoms with Crippen molar-refractivity contribution in [1.29, 1.82) is 0 Å². The normalized spacial score (nSPS) is 21.8. The molecule has 0 bridgehead atoms. The summed E-state index contributed by atoms with van der Waals surface area (Å²) < 4.78 is 0.868. The quantitative estimate of drug-likeness (QED) is 0.823. The van der Waals surface area contributed by atoms with E-state index in [1.54, 1.807) is 12.1 Å². The number of amides is 1. The van der Waals surface area contributed by atoms with Gasteiger partial charge in [0.15, 0.2) is 0 Å². The van der Waals surface area contributed by atoms with Crippen molar-refractivity contribution >= 4 is 27.5 Å². The molecule has 1 atom stereocenters. The second-order valence-corrected chi connectivity index (χ2v) is 6.55. The summed E-state index contributed by atoms with van der Waals surface area (Å²) >= 11 is 3.36. The summed E-state index contributed by atoms with van der Waals surface area (Å²) in [5.41, 5.74) is 7.10. The minimum Gasteiger partial charge on any atom is -0.398 e. The van der Waals surface area contributed by atoms with Crippen LogP contribution < -0.4 is 11.1 Å². The van der Waals surface area contributed by atoms with Crippen molar-refractivity contribution in [1.82, 2.24) is 5.32 Å². The Kier molecular flexibility index (Phi) is 3.66. The zero-order valence-corrected chi connectivity index (χ0v) is 12.4. The number of halogens is 1. The summed E-state index contributed by atoms with van der Waals surface area (Å²) in [6.07, 6.45) is 3.38. The molecule has 1 aliphatic rings. The van der Waals surface area contributed by atoms with Crippen molar-refractivity contribution < 1.29 is 4.79 Å². The third kappa shape index (κ3) is 2.69. The summed E-state index contributed by atoms with van der Waals surface area (Å²) in [5, 5.41) is 3.11. The van der Waals surface area contributed by atoms with E-state index in [1.807, 2.05) is 6.07 Å². The van der Waals surface area contributed by atoms with Gasteiger partial charge >= 0.3 is 0 Å². The Labute approximate surface area is 116 Å². The minimum absolute atomic E-state index is 0.0752. The van der Waals surface area contributed by atoms with Crippen molar-refractivity contribution in [2.24, 2.45) is 5.41 Å². The number of hydrogen-bond acceptors (Lipinski definition) is 2. The van der Waals surface area contributed by atoms with Gasteiger partial charge < -0.3 is 11.1 Å². The third-order valence-electron chi connectivity index (χ3n) is 3.82. The van der Waals surface area contributed by atoms with E-state index in [1.165, 1.54) is 6.42 Å². The first-order valence-corrected chi connectivity index (χ1v) is 7.05. The van der Waals surface area contributed by atoms with E-state index in [-0.39, 0.29) is 17.4 Å². The lowest BCUT2D eigenvalue weighted by Crippen LogP contribution is -2.41. The van der Waals surface area contributed by atoms with Crippen LogP contribution in [-0.2, 0) is 0 Å². The fourth-order valence-electron chi connectivity index (χ4n) is 2.56. The minimum atomic E-state index is -0.0752. The fourth-order valence-corrected chi connectivity index (χ4v) is 2.92. The average Bonchev–Trinajstić information content (AvgIpc) is 2.62. The lowest BCUT2D eigenvalue weighted by atomic mass is 9.87. The van der Waals surface area contributed by atoms with Crippen molar-refractivity contribution in [3.8, 4) is 0 Å². The standard InChI is InChI=1S/C14H19BrN2O/c1-14(2)7-3-4-12(14)17-13(18)10-8-9(15)5-6-11(10)16/h5-6,8,12H,3-4,7,16H2,1-2H3,(H,17,18). The van der Waals surface area contributed by atoms with Crippen molar-refractivity contribution in [2.75, 3.05) is 5.73 Å². The molecule has 0 aliphatic heterocycles. The molecular formula is C14H19BrN2O. The van der Waals surface area contributed by atoms with Gasteiger partial charge in [0.05, 0.1) is 5.56 Å². The summed E-state index contributed by atoms with van der Waals surface area (Å²) in [6.45, 7) is 4.41. The van der Waals surface area contributed by atoms with Crippen LogP contribution in [0.3, 0.4) is 0 Å². The molecule has 18 heavy (non-hydrogen) atoms. The molecule has 98 valence electrons. The molecule has 1 aliphatic carbocycles. The zero-order chi connectivity index (χ0) is 13.3. The van der Waals surface area contributed by atoms with Gasteiger partial charge in [-0.25, -0.2) is 0 Å². The molecule has 1 amide bonds. The number of anilines is 1. The van der Waals surface area contributed by atoms with Gasteiger partial charge in [0.1, 0.15) is 0 Å². The molecule has 0 saturated heterocycles. The number of carbonyl (C=O) groups is 1. The smallest absolute Gasteiger partial charge is 0.253 e. The molecule has 1 aromatic rings. The number of hydrogen-bond donors (Lipinski definition) is 2. The van der Waals surface area contributed by atoms with Crippen molar-refractivity contribution in [3.63, 3.8) is 0 Å². The number of nitrogens with one attached hydrogen (secondary N) is 1. The van der Waals surface area contributed by atoms with Gasteiger partial charge in [0.25, 0.3) is 5.91 Å². The highest BCUT2D eigenvalue weighted by molar-refractivity contribution is 9.10. The summed E-state index contributed by atoms with van der Waals surface area (Å²) in [7, 11) is 0. The van der Waals surface area contributed by atoms with Crippen LogP contribution in [0.5, 0.6) is 0 Å². The van der Waals surface area contributed by atoms with Crippen LogP contribution >= 0.6 is 15.9 Å². The van der Waals surface area contributed by atoms with Crippen molar-refractivity contribution in [2.45, 2.75) is 39.2 Å². The van der Waals surface area contributed by atoms with Gasteiger partial charge in [0.2, 0.25) is 0 Å². The van der Waals surface area contributed by atoms with E-state index in [0.29, 0.717) is 11.3 Å². The molecule has 0 spiro atoms. The van der Waals surface area contributed by atoms with Crippen LogP contribution in [-0.4, -0.2) is 11.9 Å². The number of benzene rings is 1. The third-order valence-corrected chi connectivity index (χ3v) is 4.32. The summed E-state index contributed by atoms with van der Waals surface area (Å²) in [6, 6.07) is 5.60. The first-order valence-electron chi connectivity index (χ1n) is 6.26. The lowest BCUT2D eigenvalue weighted by molar-refractivity contribution is 0.0911. The number of carbonyl (C=O) groups excluding carboxylic acids is 1. The molecular weight excluding hydrogens is 292 g/mol. The Hall–Kier alpha value is -1.03. The van der Waals surface area contributed by atoms with Gasteiger partial charge in [-0.2, -0.15) is 0 Å². The summed E-state index contributed by atoms with van der Waals surface area (Å²) in [5.74, 6) is -0.0752. The molecule has 0 heterocycles. The molecule has 1 aromatic carbocycles. The Morgan fingerprint density at radius 2 is 2.22 bits per heavy atom. The molecule has 0 aromatic heterocycles. The lowest BCUT2D eigenvalue weighted by Gasteiger charge is -2.28. The number of rotatable bonds is 2. The van der Waals surface area contributed by atoms with Gasteiger partial charge in [0, 0.05) is 16.2 Å². The molecule has 4 heteroatoms. The molecule has 1 saturated carbocycles. The number of nitrogens with two attached hydrogens (primary N) is 1. The molecule has 3 N–H and O–H groups in total. The van der Waals surface area contributed by atoms with E-state index in [4.69, 9.17) is 5.73 Å². The van der Waals surface area contributed by atoms with Gasteiger partial charge in [-0.15, -0.1) is 0 Å². The number of nitrogen functional groups attached to an aromatic ring is 1. The van der Waals surface area contributed by atoms with E-state index < -0.39 is 0 Å². The Morgan fingerprint density at radius 1 is 1.50 bits per heavy atom. The largest absolute Gasteiger partial charge is 0.398 e.